The number of ether oxygens (including phenoxy) is 2. The Kier molecular flexibility index (Phi) is 8.06. The predicted octanol–water partition coefficient (Wildman–Crippen LogP) is 6.91. The fraction of sp³-hybridized carbons (Fsp3) is 0.900. The SMILES string of the molecule is CC[C@H]1[C@@H](OC(C)=O)C2C3CC[C@H]([C@H](C)CC(=O)C(F)(F)F)[C@@]3(C)CCC2[C@@]2(C)CC[C@@H](OC(C)=O)C[C@@H]12. The van der Waals surface area contributed by atoms with Crippen LogP contribution in [0, 0.1) is 52.3 Å². The molecular formula is C30H45F3O5. The highest BCUT2D eigenvalue weighted by Gasteiger charge is 2.66. The third-order valence-corrected chi connectivity index (χ3v) is 11.6. The molecule has 0 aromatic heterocycles. The van der Waals surface area contributed by atoms with Crippen molar-refractivity contribution in [3.8, 4) is 0 Å². The third kappa shape index (κ3) is 5.02. The van der Waals surface area contributed by atoms with Gasteiger partial charge in [0.05, 0.1) is 0 Å². The summed E-state index contributed by atoms with van der Waals surface area (Å²) in [7, 11) is 0. The van der Waals surface area contributed by atoms with Crippen molar-refractivity contribution in [2.24, 2.45) is 52.3 Å². The molecule has 11 atom stereocenters. The van der Waals surface area contributed by atoms with Crippen molar-refractivity contribution in [2.45, 2.75) is 118 Å². The molecular weight excluding hydrogens is 497 g/mol. The van der Waals surface area contributed by atoms with Crippen LogP contribution < -0.4 is 0 Å². The van der Waals surface area contributed by atoms with Crippen molar-refractivity contribution < 1.29 is 37.0 Å². The average Bonchev–Trinajstić information content (AvgIpc) is 3.16. The second-order valence-electron chi connectivity index (χ2n) is 13.4. The standard InChI is InChI=1S/C30H45F3O5/c1-7-20-24-15-19(37-17(3)34)10-12-29(24,6)23-11-13-28(5)21(16(2)14-25(36)30(31,32)33)8-9-22(28)26(23)27(20)38-18(4)35/h16,19-24,26-27H,7-15H2,1-6H3/t16-,19-,20-,21-,22?,23?,24+,26?,27-,28-,29-/m1/s1. The first-order valence-electron chi connectivity index (χ1n) is 14.6. The van der Waals surface area contributed by atoms with Gasteiger partial charge in [-0.15, -0.1) is 0 Å². The first kappa shape index (κ1) is 29.4. The molecule has 0 aliphatic heterocycles. The van der Waals surface area contributed by atoms with Crippen molar-refractivity contribution in [2.75, 3.05) is 0 Å². The van der Waals surface area contributed by atoms with Gasteiger partial charge in [0.25, 0.3) is 0 Å². The molecule has 38 heavy (non-hydrogen) atoms. The lowest BCUT2D eigenvalue weighted by molar-refractivity contribution is -0.219. The minimum Gasteiger partial charge on any atom is -0.463 e. The van der Waals surface area contributed by atoms with Crippen molar-refractivity contribution in [3.63, 3.8) is 0 Å². The summed E-state index contributed by atoms with van der Waals surface area (Å²) in [6.07, 6.45) is 1.29. The molecule has 4 fully saturated rings. The molecule has 216 valence electrons. The number of rotatable bonds is 6. The first-order chi connectivity index (χ1) is 17.6. The van der Waals surface area contributed by atoms with Crippen molar-refractivity contribution in [1.82, 2.24) is 0 Å². The van der Waals surface area contributed by atoms with Gasteiger partial charge in [-0.2, -0.15) is 13.2 Å². The van der Waals surface area contributed by atoms with E-state index in [-0.39, 0.29) is 70.5 Å². The Morgan fingerprint density at radius 2 is 1.50 bits per heavy atom. The second kappa shape index (κ2) is 10.4. The molecule has 0 radical (unpaired) electrons. The van der Waals surface area contributed by atoms with E-state index >= 15 is 0 Å². The maximum atomic E-state index is 13.1. The molecule has 0 aromatic carbocycles. The highest BCUT2D eigenvalue weighted by atomic mass is 19.4. The second-order valence-corrected chi connectivity index (χ2v) is 13.4. The Morgan fingerprint density at radius 3 is 2.08 bits per heavy atom. The van der Waals surface area contributed by atoms with Crippen LogP contribution in [0.3, 0.4) is 0 Å². The summed E-state index contributed by atoms with van der Waals surface area (Å²) >= 11 is 0. The normalized spacial score (nSPS) is 43.3. The summed E-state index contributed by atoms with van der Waals surface area (Å²) in [5, 5.41) is 0. The maximum absolute atomic E-state index is 13.1. The van der Waals surface area contributed by atoms with E-state index in [9.17, 15) is 27.6 Å². The fourth-order valence-corrected chi connectivity index (χ4v) is 10.1. The molecule has 5 nitrogen and oxygen atoms in total. The van der Waals surface area contributed by atoms with E-state index in [2.05, 4.69) is 20.8 Å². The van der Waals surface area contributed by atoms with E-state index in [1.165, 1.54) is 13.8 Å². The zero-order valence-electron chi connectivity index (χ0n) is 23.7. The van der Waals surface area contributed by atoms with E-state index < -0.39 is 18.4 Å². The largest absolute Gasteiger partial charge is 0.463 e. The summed E-state index contributed by atoms with van der Waals surface area (Å²) in [6, 6.07) is 0. The Labute approximate surface area is 225 Å². The lowest BCUT2D eigenvalue weighted by Crippen LogP contribution is -2.63. The molecule has 0 heterocycles. The smallest absolute Gasteiger partial charge is 0.449 e. The van der Waals surface area contributed by atoms with E-state index in [4.69, 9.17) is 9.47 Å². The molecule has 0 aromatic rings. The number of Topliss-reactive ketones (excluding diaryl/α,β-unsaturated/α-hetero) is 1. The summed E-state index contributed by atoms with van der Waals surface area (Å²) < 4.78 is 51.1. The van der Waals surface area contributed by atoms with Gasteiger partial charge in [-0.3, -0.25) is 14.4 Å². The van der Waals surface area contributed by atoms with Crippen LogP contribution in [0.25, 0.3) is 0 Å². The zero-order chi connectivity index (χ0) is 28.2. The van der Waals surface area contributed by atoms with E-state index in [0.29, 0.717) is 5.92 Å². The quantitative estimate of drug-likeness (QED) is 0.341. The van der Waals surface area contributed by atoms with Gasteiger partial charge >= 0.3 is 18.1 Å². The molecule has 8 heteroatoms. The van der Waals surface area contributed by atoms with Crippen molar-refractivity contribution >= 4 is 17.7 Å². The van der Waals surface area contributed by atoms with Crippen LogP contribution in [-0.4, -0.2) is 36.1 Å². The minimum absolute atomic E-state index is 0.0237. The van der Waals surface area contributed by atoms with Gasteiger partial charge in [-0.05, 0) is 97.7 Å². The molecule has 0 bridgehead atoms. The number of halogens is 3. The van der Waals surface area contributed by atoms with Crippen LogP contribution in [0.2, 0.25) is 0 Å². The van der Waals surface area contributed by atoms with Crippen molar-refractivity contribution in [3.05, 3.63) is 0 Å². The zero-order valence-corrected chi connectivity index (χ0v) is 23.7. The molecule has 0 N–H and O–H groups in total. The lowest BCUT2D eigenvalue weighted by Gasteiger charge is -2.65. The highest BCUT2D eigenvalue weighted by Crippen LogP contribution is 2.70. The monoisotopic (exact) mass is 542 g/mol. The number of alkyl halides is 3. The Bertz CT molecular complexity index is 933. The molecule has 0 spiro atoms. The summed E-state index contributed by atoms with van der Waals surface area (Å²) in [6.45, 7) is 11.5. The summed E-state index contributed by atoms with van der Waals surface area (Å²) in [4.78, 5) is 36.0. The molecule has 0 saturated heterocycles. The van der Waals surface area contributed by atoms with E-state index in [1.54, 1.807) is 6.92 Å². The Morgan fingerprint density at radius 1 is 0.895 bits per heavy atom. The van der Waals surface area contributed by atoms with Gasteiger partial charge in [0.2, 0.25) is 5.78 Å². The van der Waals surface area contributed by atoms with Gasteiger partial charge in [0.15, 0.2) is 0 Å². The number of carbonyl (C=O) groups is 3. The number of ketones is 1. The Balaban J connectivity index is 1.67. The van der Waals surface area contributed by atoms with Gasteiger partial charge in [-0.1, -0.05) is 27.7 Å². The number of carbonyl (C=O) groups excluding carboxylic acids is 3. The third-order valence-electron chi connectivity index (χ3n) is 11.6. The lowest BCUT2D eigenvalue weighted by atomic mass is 9.41. The number of hydrogen-bond acceptors (Lipinski definition) is 5. The maximum Gasteiger partial charge on any atom is 0.449 e. The van der Waals surface area contributed by atoms with Gasteiger partial charge in [0.1, 0.15) is 12.2 Å². The topological polar surface area (TPSA) is 69.7 Å². The van der Waals surface area contributed by atoms with Crippen LogP contribution in [0.4, 0.5) is 13.2 Å². The molecule has 3 unspecified atom stereocenters. The van der Waals surface area contributed by atoms with Crippen molar-refractivity contribution in [1.29, 1.82) is 0 Å². The number of hydrogen-bond donors (Lipinski definition) is 0. The van der Waals surface area contributed by atoms with Gasteiger partial charge < -0.3 is 9.47 Å². The first-order valence-corrected chi connectivity index (χ1v) is 14.6. The molecule has 4 aliphatic rings. The molecule has 4 aliphatic carbocycles. The minimum atomic E-state index is -4.79. The molecule has 4 saturated carbocycles. The van der Waals surface area contributed by atoms with E-state index in [0.717, 1.165) is 51.4 Å². The van der Waals surface area contributed by atoms with Crippen LogP contribution >= 0.6 is 0 Å². The van der Waals surface area contributed by atoms with Crippen LogP contribution in [0.15, 0.2) is 0 Å². The highest BCUT2D eigenvalue weighted by molar-refractivity contribution is 5.84. The van der Waals surface area contributed by atoms with E-state index in [1.807, 2.05) is 0 Å². The summed E-state index contributed by atoms with van der Waals surface area (Å²) in [5.74, 6) is -1.40. The van der Waals surface area contributed by atoms with Crippen LogP contribution in [-0.2, 0) is 23.9 Å². The number of fused-ring (bicyclic) bond motifs is 5. The fourth-order valence-electron chi connectivity index (χ4n) is 10.1. The van der Waals surface area contributed by atoms with Gasteiger partial charge in [-0.25, -0.2) is 0 Å². The van der Waals surface area contributed by atoms with Gasteiger partial charge in [0, 0.05) is 26.2 Å². The van der Waals surface area contributed by atoms with Crippen LogP contribution in [0.1, 0.15) is 99.3 Å². The average molecular weight is 543 g/mol. The molecule has 0 amide bonds. The summed E-state index contributed by atoms with van der Waals surface area (Å²) in [5.41, 5.74) is -0.169. The van der Waals surface area contributed by atoms with Crippen LogP contribution in [0.5, 0.6) is 0 Å². The Hall–Kier alpha value is -1.60. The molecule has 4 rings (SSSR count). The number of esters is 2. The predicted molar refractivity (Wildman–Crippen MR) is 136 cm³/mol.